The zero-order valence-corrected chi connectivity index (χ0v) is 39.5. The maximum atomic E-state index is 11.8. The van der Waals surface area contributed by atoms with E-state index in [2.05, 4.69) is 33.4 Å². The van der Waals surface area contributed by atoms with E-state index >= 15 is 0 Å². The van der Waals surface area contributed by atoms with Gasteiger partial charge in [0.25, 0.3) is 0 Å². The zero-order valence-electron chi connectivity index (χ0n) is 38.6. The van der Waals surface area contributed by atoms with Crippen molar-refractivity contribution in [1.29, 1.82) is 0 Å². The van der Waals surface area contributed by atoms with E-state index in [0.29, 0.717) is 24.8 Å². The van der Waals surface area contributed by atoms with Gasteiger partial charge in [0, 0.05) is 31.3 Å². The molecule has 0 aromatic heterocycles. The Kier molecular flexibility index (Phi) is 15.2. The molecule has 384 valence electrons. The van der Waals surface area contributed by atoms with Crippen LogP contribution < -0.4 is 0 Å². The monoisotopic (exact) mass is 980 g/mol. The van der Waals surface area contributed by atoms with Gasteiger partial charge in [-0.15, -0.1) is 0 Å². The molecule has 0 aromatic carbocycles. The fourth-order valence-corrected chi connectivity index (χ4v) is 14.2. The average molecular weight is 981 g/mol. The van der Waals surface area contributed by atoms with E-state index in [4.69, 9.17) is 42.1 Å². The summed E-state index contributed by atoms with van der Waals surface area (Å²) in [6.07, 6.45) is -15.6. The Morgan fingerprint density at radius 1 is 0.881 bits per heavy atom. The highest BCUT2D eigenvalue weighted by molar-refractivity contribution is 7.80. The van der Waals surface area contributed by atoms with E-state index < -0.39 is 133 Å². The zero-order chi connectivity index (χ0) is 48.7. The first-order chi connectivity index (χ1) is 31.5. The van der Waals surface area contributed by atoms with E-state index in [1.807, 2.05) is 0 Å². The predicted molar refractivity (Wildman–Crippen MR) is 228 cm³/mol. The summed E-state index contributed by atoms with van der Waals surface area (Å²) in [5.74, 6) is -0.245. The molecule has 4 aliphatic heterocycles. The van der Waals surface area contributed by atoms with E-state index in [9.17, 15) is 58.9 Å². The van der Waals surface area contributed by atoms with Gasteiger partial charge in [-0.05, 0) is 74.5 Å². The third-order valence-electron chi connectivity index (χ3n) is 17.3. The Bertz CT molecular complexity index is 1910. The van der Waals surface area contributed by atoms with Gasteiger partial charge in [-0.2, -0.15) is 8.42 Å². The summed E-state index contributed by atoms with van der Waals surface area (Å²) in [7, 11) is -3.42. The number of aliphatic hydroxyl groups is 9. The molecule has 0 bridgehead atoms. The lowest BCUT2D eigenvalue weighted by Gasteiger charge is -2.60. The molecule has 3 saturated carbocycles. The Morgan fingerprint density at radius 2 is 1.58 bits per heavy atom. The SMILES string of the molecule is C=C(CC[C@]1(OC)O[C@H]2C[C@H]3[C@@H]4CC=C5C[C@@H](O)C[C@@H](O[C@@H]6OC[C@H](OS(=O)(=O)O)[C@H](O)[C@H]6O[C@@H]6O[C@@H](C)[C@H](O)[C@@H](O)[C@H]6O)[C@]5(C)[C@H]4CC[C@]3(C)[C@H]2[C@@H]1C)CO[C@@H]1O[C@H](CO)[C@@H](O)[C@H](O)[C@H]1O. The minimum Gasteiger partial charge on any atom is -0.394 e. The minimum absolute atomic E-state index is 0.0147. The first kappa shape index (κ1) is 52.0. The fourth-order valence-electron chi connectivity index (χ4n) is 13.7. The molecule has 4 aliphatic carbocycles. The number of fused-ring (bicyclic) bond motifs is 7. The summed E-state index contributed by atoms with van der Waals surface area (Å²) in [6.45, 7) is 11.2. The predicted octanol–water partition coefficient (Wildman–Crippen LogP) is -0.820. The molecule has 67 heavy (non-hydrogen) atoms. The van der Waals surface area contributed by atoms with Crippen molar-refractivity contribution < 1.29 is 101 Å². The van der Waals surface area contributed by atoms with Crippen molar-refractivity contribution in [2.75, 3.05) is 26.9 Å². The molecule has 10 N–H and O–H groups in total. The molecule has 0 radical (unpaired) electrons. The van der Waals surface area contributed by atoms with Crippen LogP contribution in [-0.2, 0) is 52.5 Å². The van der Waals surface area contributed by atoms with Gasteiger partial charge < -0.3 is 83.9 Å². The molecular weight excluding hydrogens is 909 g/mol. The normalized spacial score (nSPS) is 52.1. The van der Waals surface area contributed by atoms with Gasteiger partial charge in [0.15, 0.2) is 24.7 Å². The second kappa shape index (κ2) is 19.6. The van der Waals surface area contributed by atoms with Crippen LogP contribution in [0.15, 0.2) is 23.8 Å². The number of allylic oxidation sites excluding steroid dienone is 1. The Hall–Kier alpha value is -1.33. The highest BCUT2D eigenvalue weighted by atomic mass is 32.3. The van der Waals surface area contributed by atoms with Crippen molar-refractivity contribution in [3.8, 4) is 0 Å². The molecular formula is C45H72O21S. The average Bonchev–Trinajstić information content (AvgIpc) is 3.74. The number of rotatable bonds is 14. The van der Waals surface area contributed by atoms with E-state index in [0.717, 1.165) is 31.3 Å². The Labute approximate surface area is 390 Å². The molecule has 25 atom stereocenters. The molecule has 0 amide bonds. The van der Waals surface area contributed by atoms with Crippen LogP contribution in [0.4, 0.5) is 0 Å². The van der Waals surface area contributed by atoms with Gasteiger partial charge in [-0.3, -0.25) is 4.55 Å². The first-order valence-electron chi connectivity index (χ1n) is 23.6. The number of hydrogen-bond donors (Lipinski definition) is 10. The highest BCUT2D eigenvalue weighted by Gasteiger charge is 2.69. The van der Waals surface area contributed by atoms with Crippen molar-refractivity contribution in [1.82, 2.24) is 0 Å². The molecule has 8 aliphatic rings. The van der Waals surface area contributed by atoms with Crippen LogP contribution >= 0.6 is 0 Å². The topological polar surface area (TPSA) is 320 Å². The number of aliphatic hydroxyl groups excluding tert-OH is 9. The van der Waals surface area contributed by atoms with Crippen LogP contribution in [0.25, 0.3) is 0 Å². The van der Waals surface area contributed by atoms with Crippen LogP contribution in [0.3, 0.4) is 0 Å². The summed E-state index contributed by atoms with van der Waals surface area (Å²) in [5, 5.41) is 94.8. The maximum absolute atomic E-state index is 11.8. The third-order valence-corrected chi connectivity index (χ3v) is 17.8. The van der Waals surface area contributed by atoms with Crippen molar-refractivity contribution in [3.63, 3.8) is 0 Å². The van der Waals surface area contributed by atoms with Crippen LogP contribution in [0.5, 0.6) is 0 Å². The summed E-state index contributed by atoms with van der Waals surface area (Å²) in [6, 6.07) is 0. The first-order valence-corrected chi connectivity index (χ1v) is 25.0. The molecule has 4 saturated heterocycles. The number of methoxy groups -OCH3 is 1. The van der Waals surface area contributed by atoms with E-state index in [1.54, 1.807) is 7.11 Å². The summed E-state index contributed by atoms with van der Waals surface area (Å²) < 4.78 is 86.7. The van der Waals surface area contributed by atoms with Crippen molar-refractivity contribution >= 4 is 10.4 Å². The van der Waals surface area contributed by atoms with E-state index in [-0.39, 0.29) is 54.1 Å². The molecule has 7 fully saturated rings. The van der Waals surface area contributed by atoms with Crippen molar-refractivity contribution in [3.05, 3.63) is 23.8 Å². The fraction of sp³-hybridized carbons (Fsp3) is 0.911. The lowest BCUT2D eigenvalue weighted by molar-refractivity contribution is -0.361. The smallest absolute Gasteiger partial charge is 0.394 e. The van der Waals surface area contributed by atoms with Crippen LogP contribution in [0, 0.1) is 40.4 Å². The molecule has 21 nitrogen and oxygen atoms in total. The number of ether oxygens (including phenoxy) is 8. The second-order valence-electron chi connectivity index (χ2n) is 20.9. The molecule has 22 heteroatoms. The van der Waals surface area contributed by atoms with Gasteiger partial charge in [0.2, 0.25) is 0 Å². The Balaban J connectivity index is 0.967. The maximum Gasteiger partial charge on any atom is 0.397 e. The largest absolute Gasteiger partial charge is 0.397 e. The van der Waals surface area contributed by atoms with Crippen LogP contribution in [-0.4, -0.2) is 196 Å². The molecule has 4 heterocycles. The van der Waals surface area contributed by atoms with Crippen LogP contribution in [0.1, 0.15) is 79.1 Å². The summed E-state index contributed by atoms with van der Waals surface area (Å²) in [4.78, 5) is 0. The molecule has 0 spiro atoms. The van der Waals surface area contributed by atoms with Gasteiger partial charge >= 0.3 is 10.4 Å². The standard InChI is InChI=1S/C45H72O21S/c1-19(17-59-40-37(53)36(52)33(49)28(16-46)62-40)9-12-45(58-6)20(2)31-27(65-45)15-26-24-8-7-22-13-23(47)14-30(44(22,5)25(24)10-11-43(26,31)4)63-42-39(34(50)29(18-60-42)66-67(55,56)57)64-41-38(54)35(51)32(48)21(3)61-41/h7,20-21,23-42,46-54H,1,8-18H2,2-6H3,(H,55,56,57)/t20-,21-,23+,24+,25-,26-,27-,28+,29-,30+,31-,32-,33+,34-,35+,36-,37+,38+,39+,40+,41-,42-,43-,44-,45-/m0/s1. The summed E-state index contributed by atoms with van der Waals surface area (Å²) >= 11 is 0. The molecule has 8 rings (SSSR count). The second-order valence-corrected chi connectivity index (χ2v) is 22.0. The number of hydrogen-bond acceptors (Lipinski definition) is 20. The van der Waals surface area contributed by atoms with Gasteiger partial charge in [0.1, 0.15) is 61.0 Å². The van der Waals surface area contributed by atoms with Crippen molar-refractivity contribution in [2.45, 2.75) is 189 Å². The van der Waals surface area contributed by atoms with Gasteiger partial charge in [-0.1, -0.05) is 44.6 Å². The molecule has 0 unspecified atom stereocenters. The van der Waals surface area contributed by atoms with Gasteiger partial charge in [-0.25, -0.2) is 4.18 Å². The quantitative estimate of drug-likeness (QED) is 0.0751. The molecule has 0 aromatic rings. The summed E-state index contributed by atoms with van der Waals surface area (Å²) in [5.41, 5.74) is 0.938. The minimum atomic E-state index is -5.07. The van der Waals surface area contributed by atoms with Crippen molar-refractivity contribution in [2.24, 2.45) is 40.4 Å². The van der Waals surface area contributed by atoms with Crippen LogP contribution in [0.2, 0.25) is 0 Å². The van der Waals surface area contributed by atoms with E-state index in [1.165, 1.54) is 6.92 Å². The Morgan fingerprint density at radius 3 is 2.27 bits per heavy atom. The lowest BCUT2D eigenvalue weighted by atomic mass is 9.46. The third kappa shape index (κ3) is 9.37. The lowest BCUT2D eigenvalue weighted by Crippen LogP contribution is -2.63. The van der Waals surface area contributed by atoms with Gasteiger partial charge in [0.05, 0.1) is 44.2 Å². The highest BCUT2D eigenvalue weighted by Crippen LogP contribution is 2.70.